The largest absolute Gasteiger partial charge is 0.479 e. The van der Waals surface area contributed by atoms with Crippen LogP contribution in [0.25, 0.3) is 0 Å². The van der Waals surface area contributed by atoms with Crippen LogP contribution in [0.1, 0.15) is 20.3 Å². The maximum atomic E-state index is 13.5. The minimum Gasteiger partial charge on any atom is -0.479 e. The first-order chi connectivity index (χ1) is 23.2. The quantitative estimate of drug-likeness (QED) is 0.0291. The predicted molar refractivity (Wildman–Crippen MR) is 157 cm³/mol. The van der Waals surface area contributed by atoms with Gasteiger partial charge in [-0.1, -0.05) is 0 Å². The van der Waals surface area contributed by atoms with E-state index in [-0.39, 0.29) is 45.7 Å². The summed E-state index contributed by atoms with van der Waals surface area (Å²) in [5, 5.41) is 8.85. The van der Waals surface area contributed by atoms with E-state index in [0.29, 0.717) is 72.7 Å². The van der Waals surface area contributed by atoms with Gasteiger partial charge in [-0.3, -0.25) is 4.79 Å². The number of hydrogen-bond acceptors (Lipinski definition) is 13. The lowest BCUT2D eigenvalue weighted by atomic mass is 10.3. The summed E-state index contributed by atoms with van der Waals surface area (Å²) < 4.78 is 111. The van der Waals surface area contributed by atoms with Crippen LogP contribution in [-0.4, -0.2) is 142 Å². The zero-order valence-corrected chi connectivity index (χ0v) is 27.2. The van der Waals surface area contributed by atoms with E-state index in [1.807, 2.05) is 0 Å². The van der Waals surface area contributed by atoms with Crippen LogP contribution in [0.5, 0.6) is 5.75 Å². The number of carbonyl (C=O) groups is 2. The number of halogens is 4. The average Bonchev–Trinajstić information content (AvgIpc) is 3.06. The Morgan fingerprint density at radius 2 is 1.02 bits per heavy atom. The van der Waals surface area contributed by atoms with Crippen LogP contribution in [0.3, 0.4) is 0 Å². The first-order valence-corrected chi connectivity index (χ1v) is 15.3. The number of aliphatic carboxylic acids is 1. The maximum Gasteiger partial charge on any atom is 0.332 e. The Balaban J connectivity index is 1.82. The third kappa shape index (κ3) is 21.5. The lowest BCUT2D eigenvalue weighted by Gasteiger charge is -2.19. The highest BCUT2D eigenvalue weighted by molar-refractivity contribution is 5.72. The smallest absolute Gasteiger partial charge is 0.332 e. The molecule has 1 aromatic carbocycles. The molecular weight excluding hydrogens is 660 g/mol. The van der Waals surface area contributed by atoms with E-state index in [0.717, 1.165) is 0 Å². The molecule has 0 spiro atoms. The topological polar surface area (TPSA) is 156 Å². The molecule has 2 unspecified atom stereocenters. The number of carboxylic acid groups (broad SMARTS) is 1. The highest BCUT2D eigenvalue weighted by Gasteiger charge is 2.23. The normalized spacial score (nSPS) is 12.7. The molecule has 48 heavy (non-hydrogen) atoms. The second-order valence-corrected chi connectivity index (χ2v) is 9.38. The number of hydrogen-bond donors (Lipinski definition) is 1. The van der Waals surface area contributed by atoms with E-state index >= 15 is 0 Å². The second-order valence-electron chi connectivity index (χ2n) is 9.38. The minimum atomic E-state index is -1.80. The molecule has 1 N–H and O–H groups in total. The lowest BCUT2D eigenvalue weighted by Crippen LogP contribution is -2.30. The Labute approximate surface area is 276 Å². The van der Waals surface area contributed by atoms with E-state index in [1.54, 1.807) is 6.92 Å². The van der Waals surface area contributed by atoms with Crippen LogP contribution in [0, 0.1) is 23.3 Å². The van der Waals surface area contributed by atoms with E-state index in [9.17, 15) is 27.2 Å². The zero-order valence-electron chi connectivity index (χ0n) is 27.2. The Bertz CT molecular complexity index is 981. The minimum absolute atomic E-state index is 0.000552. The van der Waals surface area contributed by atoms with Gasteiger partial charge in [-0.15, -0.1) is 0 Å². The summed E-state index contributed by atoms with van der Waals surface area (Å²) in [7, 11) is 0. The molecule has 1 rings (SSSR count). The number of esters is 1. The van der Waals surface area contributed by atoms with Crippen LogP contribution in [0.2, 0.25) is 0 Å². The van der Waals surface area contributed by atoms with E-state index < -0.39 is 59.8 Å². The van der Waals surface area contributed by atoms with Crippen LogP contribution < -0.4 is 4.74 Å². The summed E-state index contributed by atoms with van der Waals surface area (Å²) in [5.74, 6) is -10.6. The molecule has 0 saturated heterocycles. The number of carbonyl (C=O) groups excluding carboxylic acids is 1. The van der Waals surface area contributed by atoms with Gasteiger partial charge in [-0.25, -0.2) is 13.6 Å². The average molecular weight is 707 g/mol. The molecule has 2 atom stereocenters. The molecule has 0 aliphatic carbocycles. The van der Waals surface area contributed by atoms with Crippen molar-refractivity contribution in [1.29, 1.82) is 0 Å². The molecule has 1 aromatic rings. The number of carboxylic acids is 1. The van der Waals surface area contributed by atoms with Gasteiger partial charge in [0.05, 0.1) is 112 Å². The molecule has 0 aromatic heterocycles. The predicted octanol–water partition coefficient (Wildman–Crippen LogP) is 2.52. The molecule has 0 heterocycles. The fourth-order valence-corrected chi connectivity index (χ4v) is 3.25. The van der Waals surface area contributed by atoms with Crippen molar-refractivity contribution in [3.8, 4) is 5.75 Å². The van der Waals surface area contributed by atoms with Crippen LogP contribution in [0.4, 0.5) is 17.6 Å². The van der Waals surface area contributed by atoms with E-state index in [1.165, 1.54) is 6.92 Å². The monoisotopic (exact) mass is 706 g/mol. The van der Waals surface area contributed by atoms with Crippen molar-refractivity contribution in [1.82, 2.24) is 0 Å². The summed E-state index contributed by atoms with van der Waals surface area (Å²) in [5.41, 5.74) is 0. The number of rotatable bonds is 32. The Kier molecular flexibility index (Phi) is 25.7. The van der Waals surface area contributed by atoms with Crippen molar-refractivity contribution in [2.45, 2.75) is 32.7 Å². The second kappa shape index (κ2) is 28.3. The van der Waals surface area contributed by atoms with Gasteiger partial charge in [0.25, 0.3) is 0 Å². The van der Waals surface area contributed by atoms with Crippen molar-refractivity contribution in [2.75, 3.05) is 112 Å². The number of ether oxygens (including phenoxy) is 11. The van der Waals surface area contributed by atoms with Crippen molar-refractivity contribution < 1.29 is 84.4 Å². The summed E-state index contributed by atoms with van der Waals surface area (Å²) in [6, 6.07) is 0.0119. The van der Waals surface area contributed by atoms with Gasteiger partial charge in [0.2, 0.25) is 17.4 Å². The molecular formula is C30H46F4O14. The van der Waals surface area contributed by atoms with Gasteiger partial charge in [0.1, 0.15) is 0 Å². The molecule has 18 heteroatoms. The molecule has 278 valence electrons. The highest BCUT2D eigenvalue weighted by Crippen LogP contribution is 2.26. The molecule has 0 fully saturated rings. The Morgan fingerprint density at radius 1 is 0.625 bits per heavy atom. The van der Waals surface area contributed by atoms with Crippen LogP contribution in [-0.2, 0) is 57.0 Å². The maximum absolute atomic E-state index is 13.5. The van der Waals surface area contributed by atoms with E-state index in [2.05, 4.69) is 4.74 Å². The molecule has 0 saturated carbocycles. The van der Waals surface area contributed by atoms with Crippen LogP contribution >= 0.6 is 0 Å². The molecule has 0 bridgehead atoms. The fourth-order valence-electron chi connectivity index (χ4n) is 3.25. The molecule has 14 nitrogen and oxygen atoms in total. The Hall–Kier alpha value is -2.52. The van der Waals surface area contributed by atoms with Crippen molar-refractivity contribution >= 4 is 11.9 Å². The van der Waals surface area contributed by atoms with E-state index in [4.69, 9.17) is 52.5 Å². The van der Waals surface area contributed by atoms with Crippen LogP contribution in [0.15, 0.2) is 6.07 Å². The van der Waals surface area contributed by atoms with Gasteiger partial charge >= 0.3 is 11.9 Å². The van der Waals surface area contributed by atoms with Gasteiger partial charge in [-0.2, -0.15) is 8.78 Å². The highest BCUT2D eigenvalue weighted by atomic mass is 19.2. The molecule has 0 radical (unpaired) electrons. The first kappa shape index (κ1) is 43.5. The third-order valence-corrected chi connectivity index (χ3v) is 5.68. The van der Waals surface area contributed by atoms with Gasteiger partial charge < -0.3 is 57.2 Å². The van der Waals surface area contributed by atoms with Gasteiger partial charge in [0.15, 0.2) is 24.0 Å². The first-order valence-electron chi connectivity index (χ1n) is 15.3. The summed E-state index contributed by atoms with van der Waals surface area (Å²) in [6.07, 6.45) is -2.03. The van der Waals surface area contributed by atoms with Crippen molar-refractivity contribution in [3.05, 3.63) is 29.3 Å². The third-order valence-electron chi connectivity index (χ3n) is 5.68. The van der Waals surface area contributed by atoms with Gasteiger partial charge in [0, 0.05) is 12.7 Å². The molecule has 0 aliphatic heterocycles. The summed E-state index contributed by atoms with van der Waals surface area (Å²) >= 11 is 0. The number of benzene rings is 1. The SMILES string of the molecule is CCOC(COC(C)C(=O)O)OCCOCCOCCOCCOCCOCCOCCOCCC(=O)Oc1c(F)c(F)cc(F)c1F. The molecule has 0 aliphatic rings. The van der Waals surface area contributed by atoms with Gasteiger partial charge in [-0.05, 0) is 13.8 Å². The lowest BCUT2D eigenvalue weighted by molar-refractivity contribution is -0.188. The molecule has 0 amide bonds. The zero-order chi connectivity index (χ0) is 35.4. The Morgan fingerprint density at radius 3 is 1.42 bits per heavy atom. The van der Waals surface area contributed by atoms with Crippen molar-refractivity contribution in [2.24, 2.45) is 0 Å². The fraction of sp³-hybridized carbons (Fsp3) is 0.733. The standard InChI is InChI=1S/C30H46F4O14/c1-3-45-26(21-47-22(2)30(36)37)46-19-18-44-17-16-43-15-14-42-13-12-41-11-10-40-9-8-39-7-6-38-5-4-25(35)48-29-27(33)23(31)20-24(32)28(29)34/h20,22,26H,3-19,21H2,1-2H3,(H,36,37). The van der Waals surface area contributed by atoms with Crippen molar-refractivity contribution in [3.63, 3.8) is 0 Å². The summed E-state index contributed by atoms with van der Waals surface area (Å²) in [4.78, 5) is 22.4. The summed E-state index contributed by atoms with van der Waals surface area (Å²) in [6.45, 7) is 8.00.